The van der Waals surface area contributed by atoms with Crippen molar-refractivity contribution >= 4 is 16.9 Å². The first-order chi connectivity index (χ1) is 10.3. The summed E-state index contributed by atoms with van der Waals surface area (Å²) < 4.78 is 16.5. The average Bonchev–Trinajstić information content (AvgIpc) is 2.86. The molecule has 0 radical (unpaired) electrons. The quantitative estimate of drug-likeness (QED) is 0.871. The third kappa shape index (κ3) is 3.07. The Morgan fingerprint density at radius 2 is 2.19 bits per heavy atom. The second-order valence-electron chi connectivity index (χ2n) is 4.90. The summed E-state index contributed by atoms with van der Waals surface area (Å²) in [6.07, 6.45) is -0.00333. The smallest absolute Gasteiger partial charge is 0.339 e. The highest BCUT2D eigenvalue weighted by atomic mass is 16.6. The molecule has 1 unspecified atom stereocenters. The van der Waals surface area contributed by atoms with Crippen LogP contribution in [-0.2, 0) is 16.0 Å². The van der Waals surface area contributed by atoms with Crippen LogP contribution in [0.5, 0.6) is 0 Å². The van der Waals surface area contributed by atoms with Crippen molar-refractivity contribution in [3.05, 3.63) is 35.6 Å². The molecule has 2 N–H and O–H groups in total. The van der Waals surface area contributed by atoms with Crippen LogP contribution in [0.2, 0.25) is 0 Å². The van der Waals surface area contributed by atoms with E-state index in [-0.39, 0.29) is 11.7 Å². The van der Waals surface area contributed by atoms with Gasteiger partial charge in [0.25, 0.3) is 0 Å². The molecule has 21 heavy (non-hydrogen) atoms. The molecule has 1 aliphatic rings. The molecule has 1 saturated heterocycles. The fraction of sp³-hybridized carbons (Fsp3) is 0.400. The van der Waals surface area contributed by atoms with Crippen molar-refractivity contribution in [1.29, 1.82) is 0 Å². The summed E-state index contributed by atoms with van der Waals surface area (Å²) in [6, 6.07) is 7.14. The number of carboxylic acids is 1. The largest absolute Gasteiger partial charge is 0.478 e. The van der Waals surface area contributed by atoms with E-state index in [1.807, 2.05) is 6.07 Å². The van der Waals surface area contributed by atoms with E-state index in [1.165, 1.54) is 0 Å². The third-order valence-corrected chi connectivity index (χ3v) is 3.42. The summed E-state index contributed by atoms with van der Waals surface area (Å²) in [5.74, 6) is -0.547. The van der Waals surface area contributed by atoms with Gasteiger partial charge in [0.2, 0.25) is 0 Å². The predicted molar refractivity (Wildman–Crippen MR) is 75.4 cm³/mol. The number of furan rings is 1. The van der Waals surface area contributed by atoms with Crippen LogP contribution in [0.25, 0.3) is 11.0 Å². The van der Waals surface area contributed by atoms with Crippen molar-refractivity contribution < 1.29 is 23.8 Å². The molecule has 6 nitrogen and oxygen atoms in total. The summed E-state index contributed by atoms with van der Waals surface area (Å²) in [5.41, 5.74) is 0.808. The molecule has 0 bridgehead atoms. The van der Waals surface area contributed by atoms with Crippen LogP contribution in [0.15, 0.2) is 28.7 Å². The van der Waals surface area contributed by atoms with Crippen LogP contribution >= 0.6 is 0 Å². The fourth-order valence-electron chi connectivity index (χ4n) is 2.46. The van der Waals surface area contributed by atoms with Crippen LogP contribution < -0.4 is 5.32 Å². The first-order valence-electron chi connectivity index (χ1n) is 6.89. The fourth-order valence-corrected chi connectivity index (χ4v) is 2.46. The highest BCUT2D eigenvalue weighted by molar-refractivity contribution is 6.03. The lowest BCUT2D eigenvalue weighted by Crippen LogP contribution is -2.37. The molecule has 0 aliphatic carbocycles. The molecule has 0 saturated carbocycles. The highest BCUT2D eigenvalue weighted by Gasteiger charge is 2.20. The van der Waals surface area contributed by atoms with E-state index >= 15 is 0 Å². The van der Waals surface area contributed by atoms with Gasteiger partial charge in [0.1, 0.15) is 16.9 Å². The highest BCUT2D eigenvalue weighted by Crippen LogP contribution is 2.25. The maximum absolute atomic E-state index is 11.4. The Hall–Kier alpha value is -1.89. The van der Waals surface area contributed by atoms with Gasteiger partial charge in [0, 0.05) is 11.9 Å². The number of hydrogen-bond donors (Lipinski definition) is 2. The lowest BCUT2D eigenvalue weighted by atomic mass is 10.1. The van der Waals surface area contributed by atoms with Crippen LogP contribution in [0.3, 0.4) is 0 Å². The summed E-state index contributed by atoms with van der Waals surface area (Å²) in [5, 5.41) is 13.2. The minimum atomic E-state index is -0.978. The number of benzene rings is 1. The van der Waals surface area contributed by atoms with E-state index in [2.05, 4.69) is 5.32 Å². The summed E-state index contributed by atoms with van der Waals surface area (Å²) >= 11 is 0. The van der Waals surface area contributed by atoms with E-state index in [4.69, 9.17) is 13.9 Å². The Balaban J connectivity index is 1.71. The first kappa shape index (κ1) is 14.1. The zero-order valence-corrected chi connectivity index (χ0v) is 11.5. The molecule has 0 spiro atoms. The lowest BCUT2D eigenvalue weighted by molar-refractivity contribution is -0.0865. The Kier molecular flexibility index (Phi) is 4.19. The van der Waals surface area contributed by atoms with Gasteiger partial charge in [-0.05, 0) is 6.07 Å². The molecular formula is C15H17NO5. The molecule has 2 aromatic rings. The van der Waals surface area contributed by atoms with Gasteiger partial charge in [-0.25, -0.2) is 4.79 Å². The second kappa shape index (κ2) is 6.26. The van der Waals surface area contributed by atoms with Gasteiger partial charge in [0.05, 0.1) is 32.5 Å². The standard InChI is InChI=1S/C15H17NO5/c17-15(18)14-11-3-1-2-4-12(11)21-13(14)8-16-7-10-9-19-5-6-20-10/h1-4,10,16H,5-9H2,(H,17,18). The molecule has 1 fully saturated rings. The maximum atomic E-state index is 11.4. The normalized spacial score (nSPS) is 19.0. The molecule has 3 rings (SSSR count). The SMILES string of the molecule is O=C(O)c1c(CNCC2COCCO2)oc2ccccc12. The van der Waals surface area contributed by atoms with E-state index in [9.17, 15) is 9.90 Å². The average molecular weight is 291 g/mol. The lowest BCUT2D eigenvalue weighted by Gasteiger charge is -2.22. The molecule has 2 heterocycles. The van der Waals surface area contributed by atoms with Crippen molar-refractivity contribution in [2.75, 3.05) is 26.4 Å². The maximum Gasteiger partial charge on any atom is 0.339 e. The minimum Gasteiger partial charge on any atom is -0.478 e. The number of rotatable bonds is 5. The van der Waals surface area contributed by atoms with Gasteiger partial charge in [-0.2, -0.15) is 0 Å². The molecule has 1 aromatic heterocycles. The zero-order valence-electron chi connectivity index (χ0n) is 11.5. The number of nitrogens with one attached hydrogen (secondary N) is 1. The predicted octanol–water partition coefficient (Wildman–Crippen LogP) is 1.64. The van der Waals surface area contributed by atoms with Crippen molar-refractivity contribution in [1.82, 2.24) is 5.32 Å². The van der Waals surface area contributed by atoms with Crippen molar-refractivity contribution in [2.45, 2.75) is 12.6 Å². The van der Waals surface area contributed by atoms with Gasteiger partial charge in [0.15, 0.2) is 0 Å². The van der Waals surface area contributed by atoms with E-state index < -0.39 is 5.97 Å². The molecule has 1 aromatic carbocycles. The molecular weight excluding hydrogens is 274 g/mol. The summed E-state index contributed by atoms with van der Waals surface area (Å²) in [4.78, 5) is 11.4. The van der Waals surface area contributed by atoms with E-state index in [0.29, 0.717) is 49.6 Å². The van der Waals surface area contributed by atoms with Gasteiger partial charge >= 0.3 is 5.97 Å². The Morgan fingerprint density at radius 1 is 1.33 bits per heavy atom. The summed E-state index contributed by atoms with van der Waals surface area (Å²) in [7, 11) is 0. The van der Waals surface area contributed by atoms with Gasteiger partial charge in [-0.1, -0.05) is 18.2 Å². The monoisotopic (exact) mass is 291 g/mol. The molecule has 6 heteroatoms. The topological polar surface area (TPSA) is 80.9 Å². The van der Waals surface area contributed by atoms with Gasteiger partial charge in [-0.15, -0.1) is 0 Å². The number of ether oxygens (including phenoxy) is 2. The molecule has 112 valence electrons. The Bertz CT molecular complexity index is 630. The number of para-hydroxylation sites is 1. The number of fused-ring (bicyclic) bond motifs is 1. The van der Waals surface area contributed by atoms with Crippen molar-refractivity contribution in [3.8, 4) is 0 Å². The molecule has 0 amide bonds. The first-order valence-corrected chi connectivity index (χ1v) is 6.89. The second-order valence-corrected chi connectivity index (χ2v) is 4.90. The number of aromatic carboxylic acids is 1. The summed E-state index contributed by atoms with van der Waals surface area (Å²) in [6.45, 7) is 2.71. The number of carbonyl (C=O) groups is 1. The van der Waals surface area contributed by atoms with Crippen LogP contribution in [0.1, 0.15) is 16.1 Å². The van der Waals surface area contributed by atoms with E-state index in [0.717, 1.165) is 0 Å². The molecule has 1 atom stereocenters. The molecule has 1 aliphatic heterocycles. The van der Waals surface area contributed by atoms with Gasteiger partial charge in [-0.3, -0.25) is 0 Å². The Labute approximate surface area is 121 Å². The number of hydrogen-bond acceptors (Lipinski definition) is 5. The van der Waals surface area contributed by atoms with Crippen molar-refractivity contribution in [2.24, 2.45) is 0 Å². The van der Waals surface area contributed by atoms with Gasteiger partial charge < -0.3 is 24.3 Å². The Morgan fingerprint density at radius 3 is 2.95 bits per heavy atom. The van der Waals surface area contributed by atoms with Crippen LogP contribution in [-0.4, -0.2) is 43.5 Å². The van der Waals surface area contributed by atoms with Crippen LogP contribution in [0, 0.1) is 0 Å². The third-order valence-electron chi connectivity index (χ3n) is 3.42. The van der Waals surface area contributed by atoms with E-state index in [1.54, 1.807) is 18.2 Å². The van der Waals surface area contributed by atoms with Crippen LogP contribution in [0.4, 0.5) is 0 Å². The van der Waals surface area contributed by atoms with Crippen molar-refractivity contribution in [3.63, 3.8) is 0 Å². The zero-order chi connectivity index (χ0) is 14.7. The minimum absolute atomic E-state index is 0.00333. The number of carboxylic acid groups (broad SMARTS) is 1.